The van der Waals surface area contributed by atoms with Crippen LogP contribution in [0.25, 0.3) is 5.57 Å². The molecule has 0 spiro atoms. The van der Waals surface area contributed by atoms with E-state index in [0.29, 0.717) is 5.57 Å². The number of hydrogen-bond donors (Lipinski definition) is 1. The zero-order valence-corrected chi connectivity index (χ0v) is 10.7. The number of ketones is 1. The second kappa shape index (κ2) is 4.56. The Morgan fingerprint density at radius 1 is 1.06 bits per heavy atom. The molecule has 0 radical (unpaired) electrons. The van der Waals surface area contributed by atoms with E-state index >= 15 is 0 Å². The molecule has 6 heteroatoms. The molecule has 18 heavy (non-hydrogen) atoms. The highest BCUT2D eigenvalue weighted by molar-refractivity contribution is 7.91. The molecule has 1 aliphatic carbocycles. The molecule has 0 aromatic heterocycles. The normalized spacial score (nSPS) is 16.3. The summed E-state index contributed by atoms with van der Waals surface area (Å²) in [5.74, 6) is -0.773. The van der Waals surface area contributed by atoms with Gasteiger partial charge in [-0.2, -0.15) is 8.42 Å². The van der Waals surface area contributed by atoms with Crippen molar-refractivity contribution in [3.05, 3.63) is 53.0 Å². The van der Waals surface area contributed by atoms with Gasteiger partial charge in [0.1, 0.15) is 4.91 Å². The van der Waals surface area contributed by atoms with Crippen molar-refractivity contribution in [2.24, 2.45) is 0 Å². The van der Waals surface area contributed by atoms with Gasteiger partial charge in [0.25, 0.3) is 10.1 Å². The van der Waals surface area contributed by atoms with Gasteiger partial charge in [-0.15, -0.1) is 0 Å². The van der Waals surface area contributed by atoms with E-state index in [4.69, 9.17) is 16.8 Å². The van der Waals surface area contributed by atoms with Crippen LogP contribution in [0, 0.1) is 0 Å². The van der Waals surface area contributed by atoms with E-state index in [1.807, 2.05) is 6.07 Å². The lowest BCUT2D eigenvalue weighted by atomic mass is 9.97. The van der Waals surface area contributed by atoms with Crippen LogP contribution in [-0.4, -0.2) is 23.6 Å². The molecule has 0 saturated carbocycles. The van der Waals surface area contributed by atoms with Crippen molar-refractivity contribution in [3.63, 3.8) is 0 Å². The number of allylic oxidation sites excluding steroid dienone is 4. The minimum Gasteiger partial charge on any atom is -0.288 e. The predicted molar refractivity (Wildman–Crippen MR) is 71.7 cm³/mol. The number of rotatable bonds is 2. The van der Waals surface area contributed by atoms with Gasteiger partial charge in [-0.25, -0.2) is 0 Å². The van der Waals surface area contributed by atoms with E-state index in [1.165, 1.54) is 0 Å². The molecule has 1 aromatic rings. The maximum absolute atomic E-state index is 11.6. The zero-order valence-electron chi connectivity index (χ0n) is 9.03. The number of hydrogen-bond acceptors (Lipinski definition) is 4. The summed E-state index contributed by atoms with van der Waals surface area (Å²) in [6, 6.07) is 8.91. The molecule has 0 bridgehead atoms. The van der Waals surface area contributed by atoms with Gasteiger partial charge in [0.2, 0.25) is 0 Å². The maximum atomic E-state index is 11.6. The summed E-state index contributed by atoms with van der Waals surface area (Å²) in [4.78, 5) is 11.1. The Labute approximate surface area is 109 Å². The van der Waals surface area contributed by atoms with Gasteiger partial charge in [-0.05, 0) is 17.7 Å². The van der Waals surface area contributed by atoms with Crippen LogP contribution in [0.3, 0.4) is 0 Å². The van der Waals surface area contributed by atoms with Crippen molar-refractivity contribution < 1.29 is 17.8 Å². The fourth-order valence-corrected chi connectivity index (χ4v) is 2.54. The average molecular weight is 280 g/mol. The van der Waals surface area contributed by atoms with Gasteiger partial charge < -0.3 is 0 Å². The summed E-state index contributed by atoms with van der Waals surface area (Å²) in [5, 5.41) is 0. The van der Waals surface area contributed by atoms with Crippen LogP contribution in [0.15, 0.2) is 47.4 Å². The highest BCUT2D eigenvalue weighted by atomic mass is 32.2. The molecule has 0 unspecified atom stereocenters. The Balaban J connectivity index is 2.48. The SMILES string of the molecule is O=C1C=C(c2ccccc2)C(=S)C=C1S(=O)(=O)O. The summed E-state index contributed by atoms with van der Waals surface area (Å²) in [6.07, 6.45) is 2.14. The van der Waals surface area contributed by atoms with Crippen molar-refractivity contribution in [2.75, 3.05) is 0 Å². The molecule has 1 aromatic carbocycles. The third-order valence-electron chi connectivity index (χ3n) is 2.41. The fraction of sp³-hybridized carbons (Fsp3) is 0. The molecule has 4 nitrogen and oxygen atoms in total. The lowest BCUT2D eigenvalue weighted by Crippen LogP contribution is -2.17. The Morgan fingerprint density at radius 2 is 1.67 bits per heavy atom. The van der Waals surface area contributed by atoms with Crippen LogP contribution in [-0.2, 0) is 14.9 Å². The van der Waals surface area contributed by atoms with Crippen LogP contribution in [0.2, 0.25) is 0 Å². The van der Waals surface area contributed by atoms with Crippen molar-refractivity contribution in [3.8, 4) is 0 Å². The van der Waals surface area contributed by atoms with Crippen LogP contribution in [0.5, 0.6) is 0 Å². The van der Waals surface area contributed by atoms with E-state index in [0.717, 1.165) is 17.7 Å². The molecule has 0 atom stereocenters. The highest BCUT2D eigenvalue weighted by Gasteiger charge is 2.26. The molecule has 0 aliphatic heterocycles. The third kappa shape index (κ3) is 2.45. The minimum atomic E-state index is -4.53. The summed E-state index contributed by atoms with van der Waals surface area (Å²) in [6.45, 7) is 0. The quantitative estimate of drug-likeness (QED) is 0.660. The van der Waals surface area contributed by atoms with E-state index < -0.39 is 20.8 Å². The van der Waals surface area contributed by atoms with Gasteiger partial charge in [-0.3, -0.25) is 9.35 Å². The molecule has 0 saturated heterocycles. The van der Waals surface area contributed by atoms with Crippen molar-refractivity contribution in [1.29, 1.82) is 0 Å². The first-order valence-electron chi connectivity index (χ1n) is 4.94. The molecule has 0 fully saturated rings. The molecule has 1 aliphatic rings. The Hall–Kier alpha value is -1.63. The average Bonchev–Trinajstić information content (AvgIpc) is 2.31. The Morgan fingerprint density at radius 3 is 2.22 bits per heavy atom. The highest BCUT2D eigenvalue weighted by Crippen LogP contribution is 2.24. The van der Waals surface area contributed by atoms with Gasteiger partial charge in [-0.1, -0.05) is 42.5 Å². The van der Waals surface area contributed by atoms with E-state index in [-0.39, 0.29) is 4.86 Å². The first-order chi connectivity index (χ1) is 8.39. The second-order valence-corrected chi connectivity index (χ2v) is 5.47. The lowest BCUT2D eigenvalue weighted by Gasteiger charge is -2.12. The van der Waals surface area contributed by atoms with Crippen molar-refractivity contribution in [1.82, 2.24) is 0 Å². The molecule has 1 N–H and O–H groups in total. The monoisotopic (exact) mass is 280 g/mol. The molecular weight excluding hydrogens is 272 g/mol. The Kier molecular flexibility index (Phi) is 3.25. The van der Waals surface area contributed by atoms with Crippen molar-refractivity contribution >= 4 is 38.6 Å². The van der Waals surface area contributed by atoms with Gasteiger partial charge in [0.15, 0.2) is 5.78 Å². The van der Waals surface area contributed by atoms with Crippen LogP contribution in [0.4, 0.5) is 0 Å². The standard InChI is InChI=1S/C12H8O4S2/c13-10-6-9(8-4-2-1-3-5-8)11(17)7-12(10)18(14,15)16/h1-7H,(H,14,15,16). The van der Waals surface area contributed by atoms with E-state index in [9.17, 15) is 13.2 Å². The Bertz CT molecular complexity index is 682. The lowest BCUT2D eigenvalue weighted by molar-refractivity contribution is -0.110. The summed E-state index contributed by atoms with van der Waals surface area (Å²) in [7, 11) is -4.53. The fourth-order valence-electron chi connectivity index (χ4n) is 1.59. The summed E-state index contributed by atoms with van der Waals surface area (Å²) in [5.41, 5.74) is 1.20. The minimum absolute atomic E-state index is 0.202. The smallest absolute Gasteiger partial charge is 0.288 e. The first-order valence-corrected chi connectivity index (χ1v) is 6.79. The van der Waals surface area contributed by atoms with Crippen LogP contribution >= 0.6 is 12.2 Å². The first kappa shape index (κ1) is 12.8. The molecular formula is C12H8O4S2. The van der Waals surface area contributed by atoms with Crippen molar-refractivity contribution in [2.45, 2.75) is 0 Å². The van der Waals surface area contributed by atoms with Gasteiger partial charge >= 0.3 is 0 Å². The third-order valence-corrected chi connectivity index (χ3v) is 3.62. The number of thiocarbonyl (C=S) groups is 1. The van der Waals surface area contributed by atoms with Crippen LogP contribution in [0.1, 0.15) is 5.56 Å². The van der Waals surface area contributed by atoms with Gasteiger partial charge in [0, 0.05) is 10.4 Å². The number of benzene rings is 1. The zero-order chi connectivity index (χ0) is 13.3. The molecule has 0 amide bonds. The number of carbonyl (C=O) groups is 1. The van der Waals surface area contributed by atoms with E-state index in [2.05, 4.69) is 0 Å². The van der Waals surface area contributed by atoms with E-state index in [1.54, 1.807) is 24.3 Å². The molecule has 2 rings (SSSR count). The van der Waals surface area contributed by atoms with Gasteiger partial charge in [0.05, 0.1) is 0 Å². The maximum Gasteiger partial charge on any atom is 0.298 e. The molecule has 0 heterocycles. The summed E-state index contributed by atoms with van der Waals surface area (Å²) >= 11 is 5.04. The number of carbonyl (C=O) groups excluding carboxylic acids is 1. The molecule has 92 valence electrons. The second-order valence-electron chi connectivity index (χ2n) is 3.64. The summed E-state index contributed by atoms with van der Waals surface area (Å²) < 4.78 is 30.8. The largest absolute Gasteiger partial charge is 0.298 e. The van der Waals surface area contributed by atoms with Crippen LogP contribution < -0.4 is 0 Å². The topological polar surface area (TPSA) is 71.4 Å². The predicted octanol–water partition coefficient (Wildman–Crippen LogP) is 1.79.